The lowest BCUT2D eigenvalue weighted by atomic mass is 10.4. The molecule has 0 aliphatic rings. The van der Waals surface area contributed by atoms with Crippen molar-refractivity contribution in [1.29, 1.82) is 0 Å². The Labute approximate surface area is 85.5 Å². The van der Waals surface area contributed by atoms with Crippen molar-refractivity contribution in [1.82, 2.24) is 20.1 Å². The minimum absolute atomic E-state index is 0.0828. The van der Waals surface area contributed by atoms with Crippen LogP contribution in [0.4, 0.5) is 13.2 Å². The van der Waals surface area contributed by atoms with E-state index in [2.05, 4.69) is 15.5 Å². The van der Waals surface area contributed by atoms with Crippen LogP contribution in [0.1, 0.15) is 19.2 Å². The molecule has 0 amide bonds. The average molecular weight is 222 g/mol. The van der Waals surface area contributed by atoms with E-state index < -0.39 is 12.7 Å². The van der Waals surface area contributed by atoms with Gasteiger partial charge in [-0.3, -0.25) is 0 Å². The molecule has 0 spiro atoms. The van der Waals surface area contributed by atoms with E-state index in [4.69, 9.17) is 0 Å². The van der Waals surface area contributed by atoms with Gasteiger partial charge in [0.05, 0.1) is 13.1 Å². The summed E-state index contributed by atoms with van der Waals surface area (Å²) in [5, 5.41) is 9.66. The van der Waals surface area contributed by atoms with Gasteiger partial charge >= 0.3 is 6.18 Å². The number of aryl methyl sites for hydroxylation is 1. The normalized spacial score (nSPS) is 12.0. The van der Waals surface area contributed by atoms with Crippen LogP contribution in [0.25, 0.3) is 0 Å². The maximum Gasteiger partial charge on any atom is 0.401 e. The zero-order valence-electron chi connectivity index (χ0n) is 8.38. The number of halogens is 3. The van der Waals surface area contributed by atoms with E-state index in [1.54, 1.807) is 4.57 Å². The number of nitrogens with zero attached hydrogens (tertiary/aromatic N) is 3. The van der Waals surface area contributed by atoms with Crippen LogP contribution in [0.5, 0.6) is 0 Å². The average Bonchev–Trinajstić information content (AvgIpc) is 2.51. The number of aromatic nitrogens is 3. The summed E-state index contributed by atoms with van der Waals surface area (Å²) in [4.78, 5) is 0. The largest absolute Gasteiger partial charge is 0.401 e. The fourth-order valence-corrected chi connectivity index (χ4v) is 1.16. The first-order chi connectivity index (χ1) is 7.03. The van der Waals surface area contributed by atoms with Crippen molar-refractivity contribution in [3.63, 3.8) is 0 Å². The molecule has 7 heteroatoms. The summed E-state index contributed by atoms with van der Waals surface area (Å²) in [5.41, 5.74) is 0. The van der Waals surface area contributed by atoms with Gasteiger partial charge in [-0.2, -0.15) is 13.2 Å². The minimum atomic E-state index is -4.18. The molecule has 0 unspecified atom stereocenters. The maximum atomic E-state index is 11.8. The zero-order valence-corrected chi connectivity index (χ0v) is 8.38. The summed E-state index contributed by atoms with van der Waals surface area (Å²) in [6.45, 7) is 1.77. The van der Waals surface area contributed by atoms with Crippen molar-refractivity contribution in [3.05, 3.63) is 12.2 Å². The molecule has 1 N–H and O–H groups in total. The Morgan fingerprint density at radius 1 is 1.47 bits per heavy atom. The quantitative estimate of drug-likeness (QED) is 0.817. The van der Waals surface area contributed by atoms with Crippen molar-refractivity contribution in [2.24, 2.45) is 0 Å². The zero-order chi connectivity index (χ0) is 11.3. The highest BCUT2D eigenvalue weighted by Crippen LogP contribution is 2.12. The van der Waals surface area contributed by atoms with Crippen molar-refractivity contribution >= 4 is 0 Å². The number of rotatable bonds is 5. The molecule has 86 valence electrons. The van der Waals surface area contributed by atoms with E-state index in [-0.39, 0.29) is 6.54 Å². The summed E-state index contributed by atoms with van der Waals surface area (Å²) >= 11 is 0. The Morgan fingerprint density at radius 2 is 2.20 bits per heavy atom. The van der Waals surface area contributed by atoms with E-state index in [1.807, 2.05) is 6.92 Å². The van der Waals surface area contributed by atoms with E-state index in [1.165, 1.54) is 6.33 Å². The Kier molecular flexibility index (Phi) is 4.07. The Morgan fingerprint density at radius 3 is 2.80 bits per heavy atom. The molecule has 0 aliphatic heterocycles. The van der Waals surface area contributed by atoms with Gasteiger partial charge in [0.2, 0.25) is 0 Å². The Bertz CT molecular complexity index is 294. The summed E-state index contributed by atoms with van der Waals surface area (Å²) in [5.74, 6) is 0.529. The van der Waals surface area contributed by atoms with Gasteiger partial charge in [0.25, 0.3) is 0 Å². The van der Waals surface area contributed by atoms with Gasteiger partial charge in [-0.25, -0.2) is 0 Å². The lowest BCUT2D eigenvalue weighted by molar-refractivity contribution is -0.125. The molecule has 0 atom stereocenters. The molecule has 0 aromatic carbocycles. The molecule has 0 saturated heterocycles. The standard InChI is InChI=1S/C8H13F3N4/c1-2-3-15-6-13-14-7(15)4-12-5-8(9,10)11/h6,12H,2-5H2,1H3. The fraction of sp³-hybridized carbons (Fsp3) is 0.750. The van der Waals surface area contributed by atoms with E-state index in [0.29, 0.717) is 5.82 Å². The molecule has 0 saturated carbocycles. The Hall–Kier alpha value is -1.11. The number of hydrogen-bond donors (Lipinski definition) is 1. The van der Waals surface area contributed by atoms with Gasteiger partial charge in [0.1, 0.15) is 12.2 Å². The molecular weight excluding hydrogens is 209 g/mol. The van der Waals surface area contributed by atoms with Crippen LogP contribution >= 0.6 is 0 Å². The first kappa shape index (κ1) is 12.0. The van der Waals surface area contributed by atoms with Crippen molar-refractivity contribution in [3.8, 4) is 0 Å². The number of nitrogens with one attached hydrogen (secondary N) is 1. The van der Waals surface area contributed by atoms with Crippen LogP contribution in [0, 0.1) is 0 Å². The van der Waals surface area contributed by atoms with Gasteiger partial charge < -0.3 is 9.88 Å². The predicted octanol–water partition coefficient (Wildman–Crippen LogP) is 1.34. The van der Waals surface area contributed by atoms with Gasteiger partial charge in [-0.1, -0.05) is 6.92 Å². The Balaban J connectivity index is 2.40. The molecule has 0 bridgehead atoms. The summed E-state index contributed by atoms with van der Waals surface area (Å²) in [6.07, 6.45) is -1.77. The first-order valence-corrected chi connectivity index (χ1v) is 4.67. The lowest BCUT2D eigenvalue weighted by Crippen LogP contribution is -2.29. The topological polar surface area (TPSA) is 42.7 Å². The molecule has 1 aromatic heterocycles. The van der Waals surface area contributed by atoms with E-state index in [0.717, 1.165) is 13.0 Å². The smallest absolute Gasteiger partial charge is 0.317 e. The van der Waals surface area contributed by atoms with Crippen LogP contribution in [-0.2, 0) is 13.1 Å². The monoisotopic (exact) mass is 222 g/mol. The first-order valence-electron chi connectivity index (χ1n) is 4.67. The number of alkyl halides is 3. The molecule has 4 nitrogen and oxygen atoms in total. The summed E-state index contributed by atoms with van der Waals surface area (Å²) in [7, 11) is 0. The predicted molar refractivity (Wildman–Crippen MR) is 48.1 cm³/mol. The third-order valence-corrected chi connectivity index (χ3v) is 1.77. The second kappa shape index (κ2) is 5.11. The molecule has 1 aromatic rings. The van der Waals surface area contributed by atoms with Crippen LogP contribution in [0.2, 0.25) is 0 Å². The van der Waals surface area contributed by atoms with Crippen LogP contribution in [0.3, 0.4) is 0 Å². The highest BCUT2D eigenvalue weighted by Gasteiger charge is 2.26. The molecule has 1 rings (SSSR count). The van der Waals surface area contributed by atoms with Crippen LogP contribution in [-0.4, -0.2) is 27.5 Å². The third-order valence-electron chi connectivity index (χ3n) is 1.77. The van der Waals surface area contributed by atoms with Crippen molar-refractivity contribution in [2.45, 2.75) is 32.6 Å². The molecule has 0 aliphatic carbocycles. The lowest BCUT2D eigenvalue weighted by Gasteiger charge is -2.08. The van der Waals surface area contributed by atoms with Gasteiger partial charge in [0, 0.05) is 6.54 Å². The second-order valence-corrected chi connectivity index (χ2v) is 3.16. The second-order valence-electron chi connectivity index (χ2n) is 3.16. The number of hydrogen-bond acceptors (Lipinski definition) is 3. The van der Waals surface area contributed by atoms with Gasteiger partial charge in [0.15, 0.2) is 0 Å². The van der Waals surface area contributed by atoms with Crippen LogP contribution in [0.15, 0.2) is 6.33 Å². The molecule has 15 heavy (non-hydrogen) atoms. The maximum absolute atomic E-state index is 11.8. The summed E-state index contributed by atoms with van der Waals surface area (Å²) in [6, 6.07) is 0. The van der Waals surface area contributed by atoms with Crippen LogP contribution < -0.4 is 5.32 Å². The highest BCUT2D eigenvalue weighted by molar-refractivity contribution is 4.85. The summed E-state index contributed by atoms with van der Waals surface area (Å²) < 4.78 is 37.2. The van der Waals surface area contributed by atoms with E-state index >= 15 is 0 Å². The van der Waals surface area contributed by atoms with Crippen molar-refractivity contribution < 1.29 is 13.2 Å². The molecule has 1 heterocycles. The van der Waals surface area contributed by atoms with Gasteiger partial charge in [-0.05, 0) is 6.42 Å². The van der Waals surface area contributed by atoms with Gasteiger partial charge in [-0.15, -0.1) is 10.2 Å². The minimum Gasteiger partial charge on any atom is -0.317 e. The fourth-order valence-electron chi connectivity index (χ4n) is 1.16. The van der Waals surface area contributed by atoms with E-state index in [9.17, 15) is 13.2 Å². The highest BCUT2D eigenvalue weighted by atomic mass is 19.4. The molecule has 0 fully saturated rings. The molecular formula is C8H13F3N4. The SMILES string of the molecule is CCCn1cnnc1CNCC(F)(F)F. The van der Waals surface area contributed by atoms with Crippen molar-refractivity contribution in [2.75, 3.05) is 6.54 Å². The molecule has 0 radical (unpaired) electrons. The third kappa shape index (κ3) is 4.28.